The lowest BCUT2D eigenvalue weighted by Gasteiger charge is -2.07. The van der Waals surface area contributed by atoms with Gasteiger partial charge in [0.15, 0.2) is 0 Å². The van der Waals surface area contributed by atoms with E-state index < -0.39 is 0 Å². The summed E-state index contributed by atoms with van der Waals surface area (Å²) in [5, 5.41) is 4.21. The average Bonchev–Trinajstić information content (AvgIpc) is 2.34. The molecule has 0 amide bonds. The molecule has 0 bridgehead atoms. The van der Waals surface area contributed by atoms with E-state index in [1.54, 1.807) is 4.68 Å². The molecule has 66 valence electrons. The second kappa shape index (κ2) is 3.54. The van der Waals surface area contributed by atoms with Crippen LogP contribution in [0.3, 0.4) is 0 Å². The maximum absolute atomic E-state index is 5.87. The number of rotatable bonds is 3. The second-order valence-corrected chi connectivity index (χ2v) is 3.18. The van der Waals surface area contributed by atoms with Crippen LogP contribution in [0.5, 0.6) is 0 Å². The maximum Gasteiger partial charge on any atom is 0.0794 e. The predicted molar refractivity (Wildman–Crippen MR) is 49.6 cm³/mol. The fraction of sp³-hybridized carbons (Fsp3) is 0.444. The van der Waals surface area contributed by atoms with Gasteiger partial charge in [-0.1, -0.05) is 5.57 Å². The largest absolute Gasteiger partial charge is 0.322 e. The van der Waals surface area contributed by atoms with E-state index in [9.17, 15) is 0 Å². The zero-order valence-electron chi connectivity index (χ0n) is 7.62. The van der Waals surface area contributed by atoms with Gasteiger partial charge in [0.25, 0.3) is 0 Å². The Labute approximate surface area is 72.9 Å². The molecule has 0 saturated heterocycles. The first kappa shape index (κ1) is 9.00. The average molecular weight is 165 g/mol. The van der Waals surface area contributed by atoms with E-state index in [2.05, 4.69) is 11.7 Å². The van der Waals surface area contributed by atoms with Crippen LogP contribution in [-0.2, 0) is 7.05 Å². The lowest BCUT2D eigenvalue weighted by atomic mass is 10.1. The number of aryl methyl sites for hydroxylation is 1. The highest BCUT2D eigenvalue weighted by Gasteiger charge is 2.07. The van der Waals surface area contributed by atoms with Crippen molar-refractivity contribution in [3.63, 3.8) is 0 Å². The number of nitrogens with zero attached hydrogens (tertiary/aromatic N) is 2. The molecule has 0 radical (unpaired) electrons. The first-order valence-electron chi connectivity index (χ1n) is 3.99. The SMILES string of the molecule is C=C(C)CC(N)c1ccn(C)n1. The van der Waals surface area contributed by atoms with Crippen LogP contribution in [0.4, 0.5) is 0 Å². The minimum atomic E-state index is -0.0105. The molecule has 0 aliphatic heterocycles. The Balaban J connectivity index is 2.64. The van der Waals surface area contributed by atoms with Crippen molar-refractivity contribution in [1.29, 1.82) is 0 Å². The van der Waals surface area contributed by atoms with Crippen molar-refractivity contribution in [3.8, 4) is 0 Å². The van der Waals surface area contributed by atoms with Crippen LogP contribution < -0.4 is 5.73 Å². The summed E-state index contributed by atoms with van der Waals surface area (Å²) in [6, 6.07) is 1.93. The Morgan fingerprint density at radius 2 is 2.50 bits per heavy atom. The van der Waals surface area contributed by atoms with Gasteiger partial charge in [0.2, 0.25) is 0 Å². The molecule has 0 saturated carbocycles. The Bertz CT molecular complexity index is 275. The van der Waals surface area contributed by atoms with E-state index in [1.165, 1.54) is 0 Å². The fourth-order valence-corrected chi connectivity index (χ4v) is 1.11. The molecule has 2 N–H and O–H groups in total. The van der Waals surface area contributed by atoms with Crippen molar-refractivity contribution < 1.29 is 0 Å². The standard InChI is InChI=1S/C9H15N3/c1-7(2)6-8(10)9-4-5-12(3)11-9/h4-5,8H,1,6,10H2,2-3H3. The first-order valence-corrected chi connectivity index (χ1v) is 3.99. The quantitative estimate of drug-likeness (QED) is 0.688. The van der Waals surface area contributed by atoms with Gasteiger partial charge in [0.1, 0.15) is 0 Å². The fourth-order valence-electron chi connectivity index (χ4n) is 1.11. The van der Waals surface area contributed by atoms with E-state index in [0.717, 1.165) is 17.7 Å². The number of hydrogen-bond donors (Lipinski definition) is 1. The molecule has 1 unspecified atom stereocenters. The third kappa shape index (κ3) is 2.20. The summed E-state index contributed by atoms with van der Waals surface area (Å²) < 4.78 is 1.76. The third-order valence-electron chi connectivity index (χ3n) is 1.68. The van der Waals surface area contributed by atoms with Crippen LogP contribution in [-0.4, -0.2) is 9.78 Å². The highest BCUT2D eigenvalue weighted by molar-refractivity contribution is 5.08. The summed E-state index contributed by atoms with van der Waals surface area (Å²) in [6.07, 6.45) is 2.70. The summed E-state index contributed by atoms with van der Waals surface area (Å²) in [6.45, 7) is 5.79. The van der Waals surface area contributed by atoms with Crippen LogP contribution in [0.1, 0.15) is 25.1 Å². The minimum Gasteiger partial charge on any atom is -0.322 e. The van der Waals surface area contributed by atoms with Crippen molar-refractivity contribution in [1.82, 2.24) is 9.78 Å². The molecular weight excluding hydrogens is 150 g/mol. The Morgan fingerprint density at radius 3 is 2.92 bits per heavy atom. The highest BCUT2D eigenvalue weighted by Crippen LogP contribution is 2.14. The second-order valence-electron chi connectivity index (χ2n) is 3.18. The van der Waals surface area contributed by atoms with Gasteiger partial charge >= 0.3 is 0 Å². The summed E-state index contributed by atoms with van der Waals surface area (Å²) >= 11 is 0. The van der Waals surface area contributed by atoms with Gasteiger partial charge in [-0.3, -0.25) is 4.68 Å². The molecule has 3 nitrogen and oxygen atoms in total. The molecule has 0 aromatic carbocycles. The molecule has 1 rings (SSSR count). The summed E-state index contributed by atoms with van der Waals surface area (Å²) in [4.78, 5) is 0. The van der Waals surface area contributed by atoms with Gasteiger partial charge in [-0.2, -0.15) is 5.10 Å². The molecule has 0 aliphatic carbocycles. The smallest absolute Gasteiger partial charge is 0.0794 e. The normalized spacial score (nSPS) is 12.9. The number of hydrogen-bond acceptors (Lipinski definition) is 2. The topological polar surface area (TPSA) is 43.8 Å². The summed E-state index contributed by atoms with van der Waals surface area (Å²) in [5.74, 6) is 0. The Morgan fingerprint density at radius 1 is 1.83 bits per heavy atom. The van der Waals surface area contributed by atoms with E-state index in [1.807, 2.05) is 26.2 Å². The molecule has 12 heavy (non-hydrogen) atoms. The molecule has 1 aromatic rings. The first-order chi connectivity index (χ1) is 5.59. The number of nitrogens with two attached hydrogens (primary N) is 1. The van der Waals surface area contributed by atoms with Crippen molar-refractivity contribution in [2.24, 2.45) is 12.8 Å². The van der Waals surface area contributed by atoms with Crippen LogP contribution in [0.2, 0.25) is 0 Å². The molecule has 0 fully saturated rings. The van der Waals surface area contributed by atoms with Crippen molar-refractivity contribution in [3.05, 3.63) is 30.1 Å². The van der Waals surface area contributed by atoms with Crippen LogP contribution >= 0.6 is 0 Å². The lowest BCUT2D eigenvalue weighted by molar-refractivity contribution is 0.655. The lowest BCUT2D eigenvalue weighted by Crippen LogP contribution is -2.11. The van der Waals surface area contributed by atoms with Crippen LogP contribution in [0, 0.1) is 0 Å². The van der Waals surface area contributed by atoms with E-state index in [-0.39, 0.29) is 6.04 Å². The van der Waals surface area contributed by atoms with Crippen molar-refractivity contribution in [2.75, 3.05) is 0 Å². The van der Waals surface area contributed by atoms with E-state index in [0.29, 0.717) is 0 Å². The molecule has 1 atom stereocenters. The molecule has 0 aliphatic rings. The van der Waals surface area contributed by atoms with Gasteiger partial charge < -0.3 is 5.73 Å². The van der Waals surface area contributed by atoms with Gasteiger partial charge in [-0.15, -0.1) is 6.58 Å². The summed E-state index contributed by atoms with van der Waals surface area (Å²) in [5.41, 5.74) is 7.89. The molecular formula is C9H15N3. The van der Waals surface area contributed by atoms with Crippen molar-refractivity contribution >= 4 is 0 Å². The zero-order valence-corrected chi connectivity index (χ0v) is 7.62. The highest BCUT2D eigenvalue weighted by atomic mass is 15.3. The monoisotopic (exact) mass is 165 g/mol. The third-order valence-corrected chi connectivity index (χ3v) is 1.68. The van der Waals surface area contributed by atoms with Crippen LogP contribution in [0.15, 0.2) is 24.4 Å². The van der Waals surface area contributed by atoms with Crippen LogP contribution in [0.25, 0.3) is 0 Å². The predicted octanol–water partition coefficient (Wildman–Crippen LogP) is 1.39. The molecule has 1 aromatic heterocycles. The molecule has 3 heteroatoms. The molecule has 1 heterocycles. The summed E-state index contributed by atoms with van der Waals surface area (Å²) in [7, 11) is 1.89. The zero-order chi connectivity index (χ0) is 9.14. The van der Waals surface area contributed by atoms with Gasteiger partial charge in [0.05, 0.1) is 11.7 Å². The molecule has 0 spiro atoms. The van der Waals surface area contributed by atoms with E-state index >= 15 is 0 Å². The maximum atomic E-state index is 5.87. The minimum absolute atomic E-state index is 0.0105. The van der Waals surface area contributed by atoms with E-state index in [4.69, 9.17) is 5.73 Å². The van der Waals surface area contributed by atoms with Gasteiger partial charge in [0, 0.05) is 13.2 Å². The number of aromatic nitrogens is 2. The van der Waals surface area contributed by atoms with Gasteiger partial charge in [-0.25, -0.2) is 0 Å². The Hall–Kier alpha value is -1.09. The van der Waals surface area contributed by atoms with Crippen molar-refractivity contribution in [2.45, 2.75) is 19.4 Å². The van der Waals surface area contributed by atoms with Gasteiger partial charge in [-0.05, 0) is 19.4 Å². The Kier molecular flexibility index (Phi) is 2.65.